The molecule has 0 fully saturated rings. The Labute approximate surface area is 132 Å². The molecule has 23 heavy (non-hydrogen) atoms. The smallest absolute Gasteiger partial charge is 0.379 e. The fourth-order valence-electron chi connectivity index (χ4n) is 3.46. The first-order chi connectivity index (χ1) is 11.1. The van der Waals surface area contributed by atoms with Crippen LogP contribution in [-0.2, 0) is 24.0 Å². The Morgan fingerprint density at radius 1 is 1.13 bits per heavy atom. The van der Waals surface area contributed by atoms with E-state index in [1.165, 1.54) is 6.26 Å². The molecule has 2 aromatic heterocycles. The predicted octanol–water partition coefficient (Wildman–Crippen LogP) is 3.26. The van der Waals surface area contributed by atoms with Crippen LogP contribution in [0.3, 0.4) is 0 Å². The van der Waals surface area contributed by atoms with Gasteiger partial charge >= 0.3 is 11.6 Å². The molecule has 4 rings (SSSR count). The van der Waals surface area contributed by atoms with Crippen LogP contribution in [0.4, 0.5) is 0 Å². The van der Waals surface area contributed by atoms with Crippen molar-refractivity contribution in [1.29, 1.82) is 0 Å². The summed E-state index contributed by atoms with van der Waals surface area (Å²) in [6, 6.07) is 3.19. The Morgan fingerprint density at radius 3 is 2.74 bits per heavy atom. The number of carbonyl (C=O) groups excluding carboxylic acids is 1. The fraction of sp³-hybridized carbons (Fsp3) is 0.333. The summed E-state index contributed by atoms with van der Waals surface area (Å²) in [6.07, 6.45) is 5.49. The third-order valence-electron chi connectivity index (χ3n) is 4.60. The van der Waals surface area contributed by atoms with Crippen LogP contribution in [0.15, 0.2) is 37.8 Å². The molecule has 0 amide bonds. The first-order valence-electron chi connectivity index (χ1n) is 7.78. The van der Waals surface area contributed by atoms with E-state index < -0.39 is 5.97 Å². The lowest BCUT2D eigenvalue weighted by Gasteiger charge is -2.21. The Morgan fingerprint density at radius 2 is 1.96 bits per heavy atom. The van der Waals surface area contributed by atoms with Crippen LogP contribution in [0, 0.1) is 0 Å². The van der Waals surface area contributed by atoms with Gasteiger partial charge in [-0.1, -0.05) is 0 Å². The maximum atomic E-state index is 12.1. The summed E-state index contributed by atoms with van der Waals surface area (Å²) in [7, 11) is 0. The molecule has 2 heterocycles. The average Bonchev–Trinajstić information content (AvgIpc) is 3.21. The lowest BCUT2D eigenvalue weighted by Crippen LogP contribution is -2.17. The van der Waals surface area contributed by atoms with Crippen molar-refractivity contribution in [2.75, 3.05) is 0 Å². The molecule has 2 aliphatic rings. The largest absolute Gasteiger partial charge is 0.457 e. The van der Waals surface area contributed by atoms with Crippen molar-refractivity contribution in [2.24, 2.45) is 0 Å². The highest BCUT2D eigenvalue weighted by molar-refractivity contribution is 5.88. The molecule has 0 spiro atoms. The molecule has 0 unspecified atom stereocenters. The summed E-state index contributed by atoms with van der Waals surface area (Å²) in [4.78, 5) is 24.2. The Balaban J connectivity index is 1.73. The highest BCUT2D eigenvalue weighted by Gasteiger charge is 2.29. The number of fused-ring (bicyclic) bond motifs is 3. The SMILES string of the molecule is CC1=C(OC(=O)c2ccco2)CCc2c1oc(=O)c1c2CCC1. The standard InChI is InChI=1S/C18H16O5/c1-10-14(22-18(20)15-6-3-9-21-15)8-7-12-11-4-2-5-13(11)17(19)23-16(10)12/h3,6,9H,2,4-5,7-8H2,1H3. The van der Waals surface area contributed by atoms with Gasteiger partial charge in [-0.25, -0.2) is 9.59 Å². The van der Waals surface area contributed by atoms with Gasteiger partial charge in [-0.05, 0) is 55.9 Å². The third kappa shape index (κ3) is 2.23. The average molecular weight is 312 g/mol. The molecule has 2 aromatic rings. The van der Waals surface area contributed by atoms with Gasteiger partial charge in [-0.2, -0.15) is 0 Å². The summed E-state index contributed by atoms with van der Waals surface area (Å²) >= 11 is 0. The second-order valence-electron chi connectivity index (χ2n) is 5.92. The molecule has 2 aliphatic carbocycles. The number of rotatable bonds is 2. The van der Waals surface area contributed by atoms with E-state index in [0.29, 0.717) is 17.9 Å². The number of furan rings is 1. The third-order valence-corrected chi connectivity index (χ3v) is 4.60. The molecule has 0 atom stereocenters. The van der Waals surface area contributed by atoms with Gasteiger partial charge in [0.15, 0.2) is 0 Å². The van der Waals surface area contributed by atoms with E-state index >= 15 is 0 Å². The zero-order chi connectivity index (χ0) is 16.0. The zero-order valence-corrected chi connectivity index (χ0v) is 12.8. The van der Waals surface area contributed by atoms with E-state index in [-0.39, 0.29) is 11.4 Å². The zero-order valence-electron chi connectivity index (χ0n) is 12.8. The molecule has 0 radical (unpaired) electrons. The first-order valence-corrected chi connectivity index (χ1v) is 7.78. The van der Waals surface area contributed by atoms with Crippen molar-refractivity contribution >= 4 is 11.5 Å². The fourth-order valence-corrected chi connectivity index (χ4v) is 3.46. The molecule has 5 heteroatoms. The summed E-state index contributed by atoms with van der Waals surface area (Å²) in [5.41, 5.74) is 3.54. The van der Waals surface area contributed by atoms with Crippen LogP contribution in [-0.4, -0.2) is 5.97 Å². The molecule has 0 N–H and O–H groups in total. The van der Waals surface area contributed by atoms with Crippen molar-refractivity contribution in [1.82, 2.24) is 0 Å². The van der Waals surface area contributed by atoms with Crippen molar-refractivity contribution in [3.63, 3.8) is 0 Å². The molecular weight excluding hydrogens is 296 g/mol. The van der Waals surface area contributed by atoms with E-state index in [0.717, 1.165) is 47.9 Å². The van der Waals surface area contributed by atoms with Gasteiger partial charge in [0.25, 0.3) is 0 Å². The number of allylic oxidation sites excluding steroid dienone is 2. The van der Waals surface area contributed by atoms with Crippen molar-refractivity contribution in [3.05, 3.63) is 62.8 Å². The predicted molar refractivity (Wildman–Crippen MR) is 82.0 cm³/mol. The summed E-state index contributed by atoms with van der Waals surface area (Å²) in [5, 5.41) is 0. The maximum Gasteiger partial charge on any atom is 0.379 e. The van der Waals surface area contributed by atoms with Crippen molar-refractivity contribution in [2.45, 2.75) is 39.0 Å². The quantitative estimate of drug-likeness (QED) is 0.796. The van der Waals surface area contributed by atoms with Crippen molar-refractivity contribution < 1.29 is 18.4 Å². The molecule has 5 nitrogen and oxygen atoms in total. The van der Waals surface area contributed by atoms with E-state index in [1.807, 2.05) is 6.92 Å². The number of hydrogen-bond donors (Lipinski definition) is 0. The molecule has 0 saturated carbocycles. The number of hydrogen-bond acceptors (Lipinski definition) is 5. The minimum absolute atomic E-state index is 0.159. The second kappa shape index (κ2) is 5.26. The van der Waals surface area contributed by atoms with E-state index in [9.17, 15) is 9.59 Å². The van der Waals surface area contributed by atoms with Crippen LogP contribution in [0.5, 0.6) is 0 Å². The van der Waals surface area contributed by atoms with Gasteiger partial charge in [-0.3, -0.25) is 0 Å². The minimum atomic E-state index is -0.531. The lowest BCUT2D eigenvalue weighted by molar-refractivity contribution is 0.0579. The van der Waals surface area contributed by atoms with Crippen LogP contribution in [0.1, 0.15) is 52.8 Å². The van der Waals surface area contributed by atoms with Gasteiger partial charge in [0, 0.05) is 17.6 Å². The molecule has 0 saturated heterocycles. The summed E-state index contributed by atoms with van der Waals surface area (Å²) in [6.45, 7) is 1.83. The van der Waals surface area contributed by atoms with E-state index in [1.54, 1.807) is 12.1 Å². The molecule has 0 aromatic carbocycles. The van der Waals surface area contributed by atoms with Gasteiger partial charge in [0.1, 0.15) is 11.5 Å². The summed E-state index contributed by atoms with van der Waals surface area (Å²) < 4.78 is 16.0. The lowest BCUT2D eigenvalue weighted by atomic mass is 9.91. The van der Waals surface area contributed by atoms with Gasteiger partial charge in [-0.15, -0.1) is 0 Å². The normalized spacial score (nSPS) is 16.2. The van der Waals surface area contributed by atoms with E-state index in [2.05, 4.69) is 0 Å². The van der Waals surface area contributed by atoms with Gasteiger partial charge in [0.05, 0.1) is 6.26 Å². The van der Waals surface area contributed by atoms with Gasteiger partial charge in [0.2, 0.25) is 5.76 Å². The number of ether oxygens (including phenoxy) is 1. The number of esters is 1. The van der Waals surface area contributed by atoms with E-state index in [4.69, 9.17) is 13.6 Å². The first kappa shape index (κ1) is 14.1. The Kier molecular flexibility index (Phi) is 3.22. The summed E-state index contributed by atoms with van der Waals surface area (Å²) in [5.74, 6) is 0.743. The monoisotopic (exact) mass is 312 g/mol. The van der Waals surface area contributed by atoms with Crippen LogP contribution >= 0.6 is 0 Å². The Hall–Kier alpha value is -2.56. The molecule has 0 aliphatic heterocycles. The van der Waals surface area contributed by atoms with Crippen LogP contribution in [0.25, 0.3) is 5.57 Å². The highest BCUT2D eigenvalue weighted by Crippen LogP contribution is 2.36. The maximum absolute atomic E-state index is 12.1. The minimum Gasteiger partial charge on any atom is -0.457 e. The van der Waals surface area contributed by atoms with Crippen LogP contribution in [0.2, 0.25) is 0 Å². The Bertz CT molecular complexity index is 868. The molecule has 118 valence electrons. The molecule has 0 bridgehead atoms. The molecular formula is C18H16O5. The highest BCUT2D eigenvalue weighted by atomic mass is 16.5. The van der Waals surface area contributed by atoms with Crippen molar-refractivity contribution in [3.8, 4) is 0 Å². The second-order valence-corrected chi connectivity index (χ2v) is 5.92. The van der Waals surface area contributed by atoms with Gasteiger partial charge < -0.3 is 13.6 Å². The number of carbonyl (C=O) groups is 1. The van der Waals surface area contributed by atoms with Crippen LogP contribution < -0.4 is 5.63 Å². The topological polar surface area (TPSA) is 69.7 Å².